The van der Waals surface area contributed by atoms with E-state index in [4.69, 9.17) is 5.73 Å². The third-order valence-electron chi connectivity index (χ3n) is 2.87. The molecule has 1 aromatic heterocycles. The summed E-state index contributed by atoms with van der Waals surface area (Å²) in [6.45, 7) is 4.61. The lowest BCUT2D eigenvalue weighted by atomic mass is 10.1. The van der Waals surface area contributed by atoms with Gasteiger partial charge in [-0.25, -0.2) is 0 Å². The number of aromatic nitrogens is 3. The summed E-state index contributed by atoms with van der Waals surface area (Å²) in [4.78, 5) is 2.53. The molecular weight excluding hydrogens is 190 g/mol. The molecule has 0 bridgehead atoms. The van der Waals surface area contributed by atoms with Gasteiger partial charge in [-0.3, -0.25) is 4.68 Å². The first-order chi connectivity index (χ1) is 7.34. The van der Waals surface area contributed by atoms with Crippen molar-refractivity contribution in [2.75, 3.05) is 25.4 Å². The first-order valence-corrected chi connectivity index (χ1v) is 5.72. The maximum atomic E-state index is 5.49. The minimum atomic E-state index is 0.507. The lowest BCUT2D eigenvalue weighted by molar-refractivity contribution is 0.221. The first kappa shape index (κ1) is 10.4. The molecule has 5 heteroatoms. The molecule has 1 saturated heterocycles. The van der Waals surface area contributed by atoms with Crippen LogP contribution in [-0.4, -0.2) is 39.5 Å². The quantitative estimate of drug-likeness (QED) is 0.794. The van der Waals surface area contributed by atoms with Gasteiger partial charge >= 0.3 is 0 Å². The Balaban J connectivity index is 1.65. The van der Waals surface area contributed by atoms with E-state index in [-0.39, 0.29) is 0 Å². The molecular formula is C10H19N5. The topological polar surface area (TPSA) is 60.0 Å². The molecule has 0 atom stereocenters. The van der Waals surface area contributed by atoms with Crippen LogP contribution in [0.2, 0.25) is 0 Å². The van der Waals surface area contributed by atoms with E-state index in [9.17, 15) is 0 Å². The largest absolute Gasteiger partial charge is 0.381 e. The number of rotatable bonds is 4. The zero-order valence-corrected chi connectivity index (χ0v) is 9.10. The van der Waals surface area contributed by atoms with Gasteiger partial charge in [0.15, 0.2) is 5.82 Å². The fourth-order valence-corrected chi connectivity index (χ4v) is 2.06. The Labute approximate surface area is 90.2 Å². The highest BCUT2D eigenvalue weighted by Gasteiger charge is 2.09. The van der Waals surface area contributed by atoms with E-state index in [0.29, 0.717) is 5.82 Å². The Kier molecular flexibility index (Phi) is 3.55. The van der Waals surface area contributed by atoms with Gasteiger partial charge in [-0.1, -0.05) is 11.6 Å². The molecule has 15 heavy (non-hydrogen) atoms. The molecule has 0 spiro atoms. The van der Waals surface area contributed by atoms with E-state index >= 15 is 0 Å². The summed E-state index contributed by atoms with van der Waals surface area (Å²) in [6, 6.07) is 0. The molecule has 0 aliphatic carbocycles. The number of nitrogen functional groups attached to an aromatic ring is 1. The smallest absolute Gasteiger partial charge is 0.165 e. The van der Waals surface area contributed by atoms with Crippen molar-refractivity contribution in [3.8, 4) is 0 Å². The van der Waals surface area contributed by atoms with Gasteiger partial charge in [0.1, 0.15) is 0 Å². The minimum Gasteiger partial charge on any atom is -0.381 e. The Morgan fingerprint density at radius 1 is 1.20 bits per heavy atom. The Morgan fingerprint density at radius 2 is 2.00 bits per heavy atom. The lowest BCUT2D eigenvalue weighted by Crippen LogP contribution is -2.31. The molecule has 1 aliphatic heterocycles. The van der Waals surface area contributed by atoms with E-state index in [0.717, 1.165) is 13.0 Å². The summed E-state index contributed by atoms with van der Waals surface area (Å²) in [7, 11) is 0. The molecule has 0 aromatic carbocycles. The zero-order chi connectivity index (χ0) is 10.5. The molecule has 0 radical (unpaired) electrons. The summed E-state index contributed by atoms with van der Waals surface area (Å²) in [6.07, 6.45) is 7.03. The van der Waals surface area contributed by atoms with Crippen molar-refractivity contribution in [3.63, 3.8) is 0 Å². The van der Waals surface area contributed by atoms with Gasteiger partial charge < -0.3 is 10.6 Å². The van der Waals surface area contributed by atoms with Gasteiger partial charge in [-0.15, -0.1) is 5.10 Å². The van der Waals surface area contributed by atoms with Gasteiger partial charge in [-0.05, 0) is 38.9 Å². The number of aryl methyl sites for hydroxylation is 1. The maximum absolute atomic E-state index is 5.49. The highest BCUT2D eigenvalue weighted by molar-refractivity contribution is 5.19. The molecule has 2 rings (SSSR count). The Morgan fingerprint density at radius 3 is 2.67 bits per heavy atom. The molecule has 2 heterocycles. The first-order valence-electron chi connectivity index (χ1n) is 5.72. The van der Waals surface area contributed by atoms with E-state index in [2.05, 4.69) is 15.2 Å². The summed E-state index contributed by atoms with van der Waals surface area (Å²) in [5, 5.41) is 7.68. The third kappa shape index (κ3) is 3.20. The van der Waals surface area contributed by atoms with Crippen molar-refractivity contribution < 1.29 is 0 Å². The average molecular weight is 209 g/mol. The number of piperidine rings is 1. The standard InChI is InChI=1S/C10H19N5/c11-10-9-15(13-12-10)8-4-7-14-5-2-1-3-6-14/h9H,1-8,11H2. The van der Waals surface area contributed by atoms with Crippen molar-refractivity contribution in [1.82, 2.24) is 19.9 Å². The zero-order valence-electron chi connectivity index (χ0n) is 9.10. The SMILES string of the molecule is Nc1cn(CCCN2CCCCC2)nn1. The van der Waals surface area contributed by atoms with E-state index in [1.165, 1.54) is 38.9 Å². The maximum Gasteiger partial charge on any atom is 0.165 e. The summed E-state index contributed by atoms with van der Waals surface area (Å²) >= 11 is 0. The molecule has 0 saturated carbocycles. The van der Waals surface area contributed by atoms with Crippen molar-refractivity contribution in [2.24, 2.45) is 0 Å². The van der Waals surface area contributed by atoms with Crippen molar-refractivity contribution in [3.05, 3.63) is 6.20 Å². The lowest BCUT2D eigenvalue weighted by Gasteiger charge is -2.26. The van der Waals surface area contributed by atoms with Crippen LogP contribution in [0.15, 0.2) is 6.20 Å². The molecule has 84 valence electrons. The van der Waals surface area contributed by atoms with Crippen LogP contribution in [0.4, 0.5) is 5.82 Å². The van der Waals surface area contributed by atoms with E-state index < -0.39 is 0 Å². The second-order valence-electron chi connectivity index (χ2n) is 4.16. The molecule has 0 unspecified atom stereocenters. The summed E-state index contributed by atoms with van der Waals surface area (Å²) < 4.78 is 1.82. The van der Waals surface area contributed by atoms with Crippen LogP contribution in [0, 0.1) is 0 Å². The minimum absolute atomic E-state index is 0.507. The van der Waals surface area contributed by atoms with Crippen molar-refractivity contribution in [1.29, 1.82) is 0 Å². The van der Waals surface area contributed by atoms with Crippen molar-refractivity contribution >= 4 is 5.82 Å². The summed E-state index contributed by atoms with van der Waals surface area (Å²) in [5.41, 5.74) is 5.49. The van der Waals surface area contributed by atoms with Crippen LogP contribution in [0.25, 0.3) is 0 Å². The molecule has 1 aromatic rings. The van der Waals surface area contributed by atoms with E-state index in [1.54, 1.807) is 6.20 Å². The van der Waals surface area contributed by atoms with Crippen LogP contribution < -0.4 is 5.73 Å². The highest BCUT2D eigenvalue weighted by Crippen LogP contribution is 2.08. The van der Waals surface area contributed by atoms with E-state index in [1.807, 2.05) is 4.68 Å². The molecule has 1 fully saturated rings. The van der Waals surface area contributed by atoms with Gasteiger partial charge in [0.05, 0.1) is 6.20 Å². The Bertz CT molecular complexity index is 290. The number of hydrogen-bond acceptors (Lipinski definition) is 4. The highest BCUT2D eigenvalue weighted by atomic mass is 15.4. The van der Waals surface area contributed by atoms with Gasteiger partial charge in [0, 0.05) is 6.54 Å². The van der Waals surface area contributed by atoms with Crippen LogP contribution in [-0.2, 0) is 6.54 Å². The predicted molar refractivity (Wildman–Crippen MR) is 59.3 cm³/mol. The fourth-order valence-electron chi connectivity index (χ4n) is 2.06. The second kappa shape index (κ2) is 5.11. The van der Waals surface area contributed by atoms with Crippen molar-refractivity contribution in [2.45, 2.75) is 32.2 Å². The number of nitrogens with zero attached hydrogens (tertiary/aromatic N) is 4. The normalized spacial score (nSPS) is 18.1. The van der Waals surface area contributed by atoms with Gasteiger partial charge in [0.25, 0.3) is 0 Å². The predicted octanol–water partition coefficient (Wildman–Crippen LogP) is 0.736. The molecule has 2 N–H and O–H groups in total. The molecule has 1 aliphatic rings. The number of hydrogen-bond donors (Lipinski definition) is 1. The van der Waals surface area contributed by atoms with Gasteiger partial charge in [0.2, 0.25) is 0 Å². The number of likely N-dealkylation sites (tertiary alicyclic amines) is 1. The monoisotopic (exact) mass is 209 g/mol. The molecule has 5 nitrogen and oxygen atoms in total. The third-order valence-corrected chi connectivity index (χ3v) is 2.87. The van der Waals surface area contributed by atoms with Crippen LogP contribution >= 0.6 is 0 Å². The number of nitrogens with two attached hydrogens (primary N) is 1. The number of anilines is 1. The summed E-state index contributed by atoms with van der Waals surface area (Å²) in [5.74, 6) is 0.507. The molecule has 0 amide bonds. The fraction of sp³-hybridized carbons (Fsp3) is 0.800. The average Bonchev–Trinajstić information content (AvgIpc) is 2.66. The second-order valence-corrected chi connectivity index (χ2v) is 4.16. The van der Waals surface area contributed by atoms with Gasteiger partial charge in [-0.2, -0.15) is 0 Å². The van der Waals surface area contributed by atoms with Crippen LogP contribution in [0.3, 0.4) is 0 Å². The Hall–Kier alpha value is -1.10. The van der Waals surface area contributed by atoms with Crippen LogP contribution in [0.5, 0.6) is 0 Å². The van der Waals surface area contributed by atoms with Crippen LogP contribution in [0.1, 0.15) is 25.7 Å².